The second kappa shape index (κ2) is 11.2. The first kappa shape index (κ1) is 24.0. The molecule has 2 aromatic carbocycles. The van der Waals surface area contributed by atoms with Gasteiger partial charge in [0.05, 0.1) is 0 Å². The molecule has 5 heteroatoms. The second-order valence-corrected chi connectivity index (χ2v) is 9.75. The smallest absolute Gasteiger partial charge is 0.243 e. The highest BCUT2D eigenvalue weighted by atomic mass is 32.2. The molecule has 0 aliphatic heterocycles. The first-order chi connectivity index (χ1) is 14.2. The third-order valence-corrected chi connectivity index (χ3v) is 5.70. The summed E-state index contributed by atoms with van der Waals surface area (Å²) in [6.45, 7) is 10.3. The van der Waals surface area contributed by atoms with Crippen LogP contribution in [0, 0.1) is 6.92 Å². The summed E-state index contributed by atoms with van der Waals surface area (Å²) in [5.74, 6) is 0.598. The SMILES string of the molecule is CC[C@@H](C(=O)NC(C)(C)C)N(Cc1ccc(C)cc1)C(=O)CCSc1ccccc1. The molecule has 30 heavy (non-hydrogen) atoms. The molecule has 2 amide bonds. The standard InChI is InChI=1S/C25H34N2O2S/c1-6-22(24(29)26-25(3,4)5)27(18-20-14-12-19(2)13-15-20)23(28)16-17-30-21-10-8-7-9-11-21/h7-15,22H,6,16-18H2,1-5H3,(H,26,29)/t22-/m0/s1. The molecule has 0 heterocycles. The van der Waals surface area contributed by atoms with Crippen molar-refractivity contribution in [3.63, 3.8) is 0 Å². The third kappa shape index (κ3) is 7.86. The van der Waals surface area contributed by atoms with Gasteiger partial charge in [0.2, 0.25) is 11.8 Å². The van der Waals surface area contributed by atoms with E-state index in [1.807, 2.05) is 89.2 Å². The molecular weight excluding hydrogens is 392 g/mol. The van der Waals surface area contributed by atoms with Crippen LogP contribution in [-0.2, 0) is 16.1 Å². The molecule has 1 atom stereocenters. The number of nitrogens with zero attached hydrogens (tertiary/aromatic N) is 1. The van der Waals surface area contributed by atoms with Crippen molar-refractivity contribution in [2.24, 2.45) is 0 Å². The summed E-state index contributed by atoms with van der Waals surface area (Å²) < 4.78 is 0. The number of benzene rings is 2. The van der Waals surface area contributed by atoms with Crippen molar-refractivity contribution in [3.8, 4) is 0 Å². The van der Waals surface area contributed by atoms with Crippen LogP contribution in [0.4, 0.5) is 0 Å². The topological polar surface area (TPSA) is 49.4 Å². The van der Waals surface area contributed by atoms with Crippen molar-refractivity contribution < 1.29 is 9.59 Å². The maximum absolute atomic E-state index is 13.2. The first-order valence-electron chi connectivity index (χ1n) is 10.5. The van der Waals surface area contributed by atoms with Crippen molar-refractivity contribution >= 4 is 23.6 Å². The van der Waals surface area contributed by atoms with Crippen LogP contribution in [0.5, 0.6) is 0 Å². The van der Waals surface area contributed by atoms with Crippen LogP contribution in [0.3, 0.4) is 0 Å². The number of hydrogen-bond donors (Lipinski definition) is 1. The first-order valence-corrected chi connectivity index (χ1v) is 11.5. The Morgan fingerprint density at radius 2 is 1.67 bits per heavy atom. The van der Waals surface area contributed by atoms with E-state index in [1.165, 1.54) is 5.56 Å². The van der Waals surface area contributed by atoms with Gasteiger partial charge in [-0.15, -0.1) is 11.8 Å². The lowest BCUT2D eigenvalue weighted by atomic mass is 10.0. The molecule has 2 rings (SSSR count). The molecule has 0 aromatic heterocycles. The molecule has 162 valence electrons. The molecule has 0 saturated carbocycles. The molecule has 0 saturated heterocycles. The Labute approximate surface area is 185 Å². The Balaban J connectivity index is 2.14. The highest BCUT2D eigenvalue weighted by molar-refractivity contribution is 7.99. The Morgan fingerprint density at radius 3 is 2.23 bits per heavy atom. The fourth-order valence-corrected chi connectivity index (χ4v) is 4.04. The molecule has 1 N–H and O–H groups in total. The summed E-state index contributed by atoms with van der Waals surface area (Å²) in [5.41, 5.74) is 1.87. The molecule has 0 spiro atoms. The maximum Gasteiger partial charge on any atom is 0.243 e. The van der Waals surface area contributed by atoms with Crippen LogP contribution in [0.2, 0.25) is 0 Å². The van der Waals surface area contributed by atoms with Crippen LogP contribution in [0.1, 0.15) is 51.7 Å². The van der Waals surface area contributed by atoms with E-state index in [1.54, 1.807) is 16.7 Å². The zero-order valence-corrected chi connectivity index (χ0v) is 19.6. The Hall–Kier alpha value is -2.27. The summed E-state index contributed by atoms with van der Waals surface area (Å²) in [6, 6.07) is 17.7. The summed E-state index contributed by atoms with van der Waals surface area (Å²) in [7, 11) is 0. The van der Waals surface area contributed by atoms with Crippen molar-refractivity contribution in [1.29, 1.82) is 0 Å². The number of carbonyl (C=O) groups excluding carboxylic acids is 2. The van der Waals surface area contributed by atoms with Gasteiger partial charge in [-0.05, 0) is 51.8 Å². The van der Waals surface area contributed by atoms with Crippen LogP contribution in [0.25, 0.3) is 0 Å². The van der Waals surface area contributed by atoms with E-state index in [4.69, 9.17) is 0 Å². The normalized spacial score (nSPS) is 12.3. The van der Waals surface area contributed by atoms with E-state index >= 15 is 0 Å². The Morgan fingerprint density at radius 1 is 1.03 bits per heavy atom. The van der Waals surface area contributed by atoms with Crippen molar-refractivity contribution in [2.75, 3.05) is 5.75 Å². The van der Waals surface area contributed by atoms with Crippen LogP contribution in [0.15, 0.2) is 59.5 Å². The van der Waals surface area contributed by atoms with Crippen molar-refractivity contribution in [3.05, 3.63) is 65.7 Å². The minimum atomic E-state index is -0.486. The van der Waals surface area contributed by atoms with E-state index in [9.17, 15) is 9.59 Å². The third-order valence-electron chi connectivity index (χ3n) is 4.69. The van der Waals surface area contributed by atoms with Gasteiger partial charge in [-0.25, -0.2) is 0 Å². The van der Waals surface area contributed by atoms with E-state index in [0.29, 0.717) is 25.1 Å². The quantitative estimate of drug-likeness (QED) is 0.561. The molecule has 0 radical (unpaired) electrons. The molecule has 2 aromatic rings. The fraction of sp³-hybridized carbons (Fsp3) is 0.440. The molecule has 0 unspecified atom stereocenters. The number of aryl methyl sites for hydroxylation is 1. The van der Waals surface area contributed by atoms with Gasteiger partial charge in [-0.2, -0.15) is 0 Å². The number of nitrogens with one attached hydrogen (secondary N) is 1. The molecule has 4 nitrogen and oxygen atoms in total. The van der Waals surface area contributed by atoms with Gasteiger partial charge in [0, 0.05) is 29.2 Å². The number of amides is 2. The van der Waals surface area contributed by atoms with Crippen molar-refractivity contribution in [2.45, 2.75) is 70.5 Å². The number of rotatable bonds is 9. The van der Waals surface area contributed by atoms with Gasteiger partial charge >= 0.3 is 0 Å². The molecule has 0 bridgehead atoms. The van der Waals surface area contributed by atoms with Gasteiger partial charge in [-0.3, -0.25) is 9.59 Å². The molecule has 0 aliphatic rings. The Kier molecular flexibility index (Phi) is 8.97. The van der Waals surface area contributed by atoms with Gasteiger partial charge in [0.25, 0.3) is 0 Å². The number of carbonyl (C=O) groups is 2. The Bertz CT molecular complexity index is 813. The fourth-order valence-electron chi connectivity index (χ4n) is 3.18. The van der Waals surface area contributed by atoms with E-state index in [0.717, 1.165) is 10.5 Å². The van der Waals surface area contributed by atoms with Crippen LogP contribution < -0.4 is 5.32 Å². The predicted octanol–water partition coefficient (Wildman–Crippen LogP) is 5.20. The lowest BCUT2D eigenvalue weighted by Crippen LogP contribution is -2.53. The van der Waals surface area contributed by atoms with Gasteiger partial charge in [0.1, 0.15) is 6.04 Å². The largest absolute Gasteiger partial charge is 0.350 e. The molecular formula is C25H34N2O2S. The number of hydrogen-bond acceptors (Lipinski definition) is 3. The van der Waals surface area contributed by atoms with E-state index in [2.05, 4.69) is 5.32 Å². The van der Waals surface area contributed by atoms with Crippen LogP contribution >= 0.6 is 11.8 Å². The zero-order chi connectivity index (χ0) is 22.1. The second-order valence-electron chi connectivity index (χ2n) is 8.58. The monoisotopic (exact) mass is 426 g/mol. The van der Waals surface area contributed by atoms with E-state index < -0.39 is 6.04 Å². The average molecular weight is 427 g/mol. The van der Waals surface area contributed by atoms with E-state index in [-0.39, 0.29) is 17.4 Å². The molecule has 0 aliphatic carbocycles. The average Bonchev–Trinajstić information content (AvgIpc) is 2.68. The summed E-state index contributed by atoms with van der Waals surface area (Å²) in [6.07, 6.45) is 0.968. The lowest BCUT2D eigenvalue weighted by Gasteiger charge is -2.33. The summed E-state index contributed by atoms with van der Waals surface area (Å²) in [4.78, 5) is 29.1. The minimum absolute atomic E-state index is 0.00918. The number of thioether (sulfide) groups is 1. The molecule has 0 fully saturated rings. The predicted molar refractivity (Wildman–Crippen MR) is 125 cm³/mol. The van der Waals surface area contributed by atoms with Gasteiger partial charge in [0.15, 0.2) is 0 Å². The van der Waals surface area contributed by atoms with Crippen LogP contribution in [-0.4, -0.2) is 34.0 Å². The highest BCUT2D eigenvalue weighted by Gasteiger charge is 2.30. The van der Waals surface area contributed by atoms with Gasteiger partial charge < -0.3 is 10.2 Å². The van der Waals surface area contributed by atoms with Crippen molar-refractivity contribution in [1.82, 2.24) is 10.2 Å². The highest BCUT2D eigenvalue weighted by Crippen LogP contribution is 2.20. The van der Waals surface area contributed by atoms with Gasteiger partial charge in [-0.1, -0.05) is 55.0 Å². The lowest BCUT2D eigenvalue weighted by molar-refractivity contribution is -0.141. The summed E-state index contributed by atoms with van der Waals surface area (Å²) >= 11 is 1.66. The maximum atomic E-state index is 13.2. The zero-order valence-electron chi connectivity index (χ0n) is 18.8. The minimum Gasteiger partial charge on any atom is -0.350 e. The summed E-state index contributed by atoms with van der Waals surface area (Å²) in [5, 5.41) is 3.04.